The minimum absolute atomic E-state index is 0. The lowest BCUT2D eigenvalue weighted by molar-refractivity contribution is 0.368. The van der Waals surface area contributed by atoms with Gasteiger partial charge >= 0.3 is 0 Å². The summed E-state index contributed by atoms with van der Waals surface area (Å²) in [5.74, 6) is 2.10. The molecule has 0 aliphatic carbocycles. The van der Waals surface area contributed by atoms with Crippen molar-refractivity contribution in [2.75, 3.05) is 13.6 Å². The highest BCUT2D eigenvalue weighted by Gasteiger charge is 2.09. The van der Waals surface area contributed by atoms with Gasteiger partial charge in [-0.15, -0.1) is 24.0 Å². The van der Waals surface area contributed by atoms with E-state index in [4.69, 9.17) is 4.52 Å². The molecule has 6 nitrogen and oxygen atoms in total. The molecule has 0 bridgehead atoms. The molecule has 0 unspecified atom stereocenters. The summed E-state index contributed by atoms with van der Waals surface area (Å²) < 4.78 is 18.3. The third kappa shape index (κ3) is 7.37. The van der Waals surface area contributed by atoms with Gasteiger partial charge in [0.1, 0.15) is 5.82 Å². The molecule has 2 aromatic rings. The Morgan fingerprint density at radius 3 is 2.76 bits per heavy atom. The fourth-order valence-electron chi connectivity index (χ4n) is 2.10. The molecule has 0 spiro atoms. The smallest absolute Gasteiger partial charge is 0.226 e. The standard InChI is InChI=1S/C17H24FN5O.HI/c1-12(2)16-22-15(24-23-16)8-5-9-20-17(19-3)21-11-13-6-4-7-14(18)10-13;/h4,6-7,10,12H,5,8-9,11H2,1-3H3,(H2,19,20,21);1H. The first-order valence-corrected chi connectivity index (χ1v) is 8.10. The van der Waals surface area contributed by atoms with Crippen LogP contribution >= 0.6 is 24.0 Å². The van der Waals surface area contributed by atoms with Gasteiger partial charge in [0.05, 0.1) is 0 Å². The van der Waals surface area contributed by atoms with Crippen LogP contribution in [0.25, 0.3) is 0 Å². The van der Waals surface area contributed by atoms with Crippen LogP contribution < -0.4 is 10.6 Å². The lowest BCUT2D eigenvalue weighted by atomic mass is 10.2. The molecule has 2 rings (SSSR count). The number of aromatic nitrogens is 2. The zero-order valence-electron chi connectivity index (χ0n) is 14.8. The number of nitrogens with zero attached hydrogens (tertiary/aromatic N) is 3. The lowest BCUT2D eigenvalue weighted by Crippen LogP contribution is -2.37. The second-order valence-corrected chi connectivity index (χ2v) is 5.79. The van der Waals surface area contributed by atoms with Crippen LogP contribution in [0.5, 0.6) is 0 Å². The van der Waals surface area contributed by atoms with Gasteiger partial charge in [-0.25, -0.2) is 4.39 Å². The molecule has 2 N–H and O–H groups in total. The molecule has 0 saturated carbocycles. The number of aliphatic imine (C=N–C) groups is 1. The van der Waals surface area contributed by atoms with Crippen molar-refractivity contribution in [3.63, 3.8) is 0 Å². The van der Waals surface area contributed by atoms with Crippen LogP contribution in [0.4, 0.5) is 4.39 Å². The molecule has 0 radical (unpaired) electrons. The Morgan fingerprint density at radius 1 is 1.32 bits per heavy atom. The predicted molar refractivity (Wildman–Crippen MR) is 107 cm³/mol. The third-order valence-electron chi connectivity index (χ3n) is 3.43. The van der Waals surface area contributed by atoms with E-state index in [9.17, 15) is 4.39 Å². The second-order valence-electron chi connectivity index (χ2n) is 5.79. The molecule has 0 amide bonds. The Bertz CT molecular complexity index is 675. The van der Waals surface area contributed by atoms with Crippen molar-refractivity contribution in [3.8, 4) is 0 Å². The van der Waals surface area contributed by atoms with E-state index >= 15 is 0 Å². The average Bonchev–Trinajstić information content (AvgIpc) is 3.03. The summed E-state index contributed by atoms with van der Waals surface area (Å²) in [6, 6.07) is 6.49. The number of hydrogen-bond donors (Lipinski definition) is 2. The van der Waals surface area contributed by atoms with Gasteiger partial charge in [-0.1, -0.05) is 31.1 Å². The van der Waals surface area contributed by atoms with Crippen molar-refractivity contribution in [2.24, 2.45) is 4.99 Å². The van der Waals surface area contributed by atoms with Gasteiger partial charge in [0, 0.05) is 32.5 Å². The maximum Gasteiger partial charge on any atom is 0.226 e. The van der Waals surface area contributed by atoms with Gasteiger partial charge in [0.2, 0.25) is 5.89 Å². The molecule has 1 aromatic carbocycles. The van der Waals surface area contributed by atoms with Crippen LogP contribution in [0.1, 0.15) is 43.5 Å². The molecule has 8 heteroatoms. The van der Waals surface area contributed by atoms with Crippen LogP contribution in [0.3, 0.4) is 0 Å². The lowest BCUT2D eigenvalue weighted by Gasteiger charge is -2.11. The number of guanidine groups is 1. The summed E-state index contributed by atoms with van der Waals surface area (Å²) >= 11 is 0. The summed E-state index contributed by atoms with van der Waals surface area (Å²) in [6.45, 7) is 5.30. The van der Waals surface area contributed by atoms with Crippen LogP contribution in [-0.4, -0.2) is 29.7 Å². The quantitative estimate of drug-likeness (QED) is 0.287. The zero-order chi connectivity index (χ0) is 17.4. The summed E-state index contributed by atoms with van der Waals surface area (Å²) in [6.07, 6.45) is 1.56. The summed E-state index contributed by atoms with van der Waals surface area (Å²) in [5.41, 5.74) is 0.866. The Balaban J connectivity index is 0.00000312. The minimum Gasteiger partial charge on any atom is -0.356 e. The molecule has 0 aliphatic heterocycles. The highest BCUT2D eigenvalue weighted by molar-refractivity contribution is 14.0. The molecule has 25 heavy (non-hydrogen) atoms. The molecule has 0 fully saturated rings. The average molecular weight is 461 g/mol. The van der Waals surface area contributed by atoms with Crippen molar-refractivity contribution < 1.29 is 8.91 Å². The molecular formula is C17H25FIN5O. The van der Waals surface area contributed by atoms with Crippen LogP contribution in [-0.2, 0) is 13.0 Å². The number of halogens is 2. The molecule has 1 aromatic heterocycles. The molecule has 0 aliphatic rings. The van der Waals surface area contributed by atoms with Crippen molar-refractivity contribution in [2.45, 2.75) is 39.2 Å². The number of nitrogens with one attached hydrogen (secondary N) is 2. The van der Waals surface area contributed by atoms with Crippen molar-refractivity contribution >= 4 is 29.9 Å². The Hall–Kier alpha value is -1.71. The fourth-order valence-corrected chi connectivity index (χ4v) is 2.10. The van der Waals surface area contributed by atoms with Gasteiger partial charge in [0.25, 0.3) is 0 Å². The van der Waals surface area contributed by atoms with E-state index in [0.717, 1.165) is 24.4 Å². The first-order chi connectivity index (χ1) is 11.6. The van der Waals surface area contributed by atoms with E-state index in [1.165, 1.54) is 12.1 Å². The van der Waals surface area contributed by atoms with E-state index in [0.29, 0.717) is 24.8 Å². The van der Waals surface area contributed by atoms with E-state index in [-0.39, 0.29) is 35.7 Å². The Labute approximate surface area is 164 Å². The van der Waals surface area contributed by atoms with Gasteiger partial charge in [-0.05, 0) is 24.1 Å². The number of benzene rings is 1. The topological polar surface area (TPSA) is 75.3 Å². The van der Waals surface area contributed by atoms with Crippen LogP contribution in [0.15, 0.2) is 33.8 Å². The molecule has 138 valence electrons. The molecular weight excluding hydrogens is 436 g/mol. The van der Waals surface area contributed by atoms with Crippen molar-refractivity contribution in [3.05, 3.63) is 47.4 Å². The Kier molecular flexibility index (Phi) is 9.40. The van der Waals surface area contributed by atoms with Gasteiger partial charge in [-0.2, -0.15) is 4.98 Å². The Morgan fingerprint density at radius 2 is 2.12 bits per heavy atom. The van der Waals surface area contributed by atoms with Crippen molar-refractivity contribution in [1.29, 1.82) is 0 Å². The molecule has 0 saturated heterocycles. The predicted octanol–water partition coefficient (Wildman–Crippen LogP) is 3.25. The monoisotopic (exact) mass is 461 g/mol. The second kappa shape index (κ2) is 11.0. The normalized spacial score (nSPS) is 11.3. The zero-order valence-corrected chi connectivity index (χ0v) is 17.1. The summed E-state index contributed by atoms with van der Waals surface area (Å²) in [5, 5.41) is 10.3. The summed E-state index contributed by atoms with van der Waals surface area (Å²) in [7, 11) is 1.70. The third-order valence-corrected chi connectivity index (χ3v) is 3.43. The first kappa shape index (κ1) is 21.3. The van der Waals surface area contributed by atoms with E-state index in [1.807, 2.05) is 19.9 Å². The number of hydrogen-bond acceptors (Lipinski definition) is 4. The van der Waals surface area contributed by atoms with Gasteiger partial charge in [0.15, 0.2) is 11.8 Å². The maximum atomic E-state index is 13.1. The highest BCUT2D eigenvalue weighted by atomic mass is 127. The highest BCUT2D eigenvalue weighted by Crippen LogP contribution is 2.10. The summed E-state index contributed by atoms with van der Waals surface area (Å²) in [4.78, 5) is 8.49. The largest absolute Gasteiger partial charge is 0.356 e. The fraction of sp³-hybridized carbons (Fsp3) is 0.471. The number of aryl methyl sites for hydroxylation is 1. The van der Waals surface area contributed by atoms with E-state index in [2.05, 4.69) is 25.8 Å². The van der Waals surface area contributed by atoms with Crippen LogP contribution in [0, 0.1) is 5.82 Å². The van der Waals surface area contributed by atoms with Gasteiger partial charge < -0.3 is 15.2 Å². The molecule has 0 atom stereocenters. The minimum atomic E-state index is -0.238. The van der Waals surface area contributed by atoms with Gasteiger partial charge in [-0.3, -0.25) is 4.99 Å². The van der Waals surface area contributed by atoms with Crippen LogP contribution in [0.2, 0.25) is 0 Å². The van der Waals surface area contributed by atoms with Crippen molar-refractivity contribution in [1.82, 2.24) is 20.8 Å². The van der Waals surface area contributed by atoms with E-state index in [1.54, 1.807) is 13.1 Å². The SMILES string of the molecule is CN=C(NCCCc1nc(C(C)C)no1)NCc1cccc(F)c1.I. The number of rotatable bonds is 7. The molecule has 1 heterocycles. The first-order valence-electron chi connectivity index (χ1n) is 8.10. The van der Waals surface area contributed by atoms with E-state index < -0.39 is 0 Å². The maximum absolute atomic E-state index is 13.1.